The lowest BCUT2D eigenvalue weighted by atomic mass is 9.93. The number of fused-ring (bicyclic) bond motifs is 1. The molecule has 0 N–H and O–H groups in total. The topological polar surface area (TPSA) is 49.3 Å². The van der Waals surface area contributed by atoms with Crippen molar-refractivity contribution in [2.24, 2.45) is 0 Å². The highest BCUT2D eigenvalue weighted by Crippen LogP contribution is 2.28. The van der Waals surface area contributed by atoms with E-state index < -0.39 is 0 Å². The Labute approximate surface area is 152 Å². The molecule has 2 atom stereocenters. The van der Waals surface area contributed by atoms with Gasteiger partial charge < -0.3 is 4.90 Å². The van der Waals surface area contributed by atoms with Crippen LogP contribution < -0.4 is 0 Å². The van der Waals surface area contributed by atoms with Gasteiger partial charge in [0.1, 0.15) is 6.33 Å². The second-order valence-corrected chi connectivity index (χ2v) is 8.02. The largest absolute Gasteiger partial charge is 0.337 e. The summed E-state index contributed by atoms with van der Waals surface area (Å²) in [5.74, 6) is 0.664. The molecule has 2 aliphatic heterocycles. The lowest BCUT2D eigenvalue weighted by Crippen LogP contribution is -2.51. The SMILES string of the molecule is CC(C(=O)N1CCc2sccc2C1)N1CCCC(c2ccncn2)C1. The first-order valence-corrected chi connectivity index (χ1v) is 9.94. The number of likely N-dealkylation sites (tertiary alicyclic amines) is 1. The fourth-order valence-corrected chi connectivity index (χ4v) is 4.89. The Kier molecular flexibility index (Phi) is 4.81. The van der Waals surface area contributed by atoms with E-state index in [1.165, 1.54) is 10.4 Å². The van der Waals surface area contributed by atoms with Crippen LogP contribution in [-0.2, 0) is 17.8 Å². The Bertz CT molecular complexity index is 732. The van der Waals surface area contributed by atoms with Crippen LogP contribution in [0.15, 0.2) is 30.0 Å². The summed E-state index contributed by atoms with van der Waals surface area (Å²) in [7, 11) is 0. The van der Waals surface area contributed by atoms with Crippen LogP contribution in [0.2, 0.25) is 0 Å². The highest BCUT2D eigenvalue weighted by Gasteiger charge is 2.32. The van der Waals surface area contributed by atoms with Crippen LogP contribution in [0.25, 0.3) is 0 Å². The highest BCUT2D eigenvalue weighted by molar-refractivity contribution is 7.10. The third-order valence-corrected chi connectivity index (χ3v) is 6.52. The molecule has 0 spiro atoms. The summed E-state index contributed by atoms with van der Waals surface area (Å²) in [6.07, 6.45) is 6.67. The minimum absolute atomic E-state index is 0.0650. The first-order valence-electron chi connectivity index (χ1n) is 9.06. The van der Waals surface area contributed by atoms with Crippen molar-refractivity contribution in [1.29, 1.82) is 0 Å². The van der Waals surface area contributed by atoms with Gasteiger partial charge in [-0.2, -0.15) is 0 Å². The number of piperidine rings is 1. The number of aromatic nitrogens is 2. The number of carbonyl (C=O) groups excluding carboxylic acids is 1. The number of amides is 1. The molecule has 1 saturated heterocycles. The van der Waals surface area contributed by atoms with Crippen molar-refractivity contribution >= 4 is 17.2 Å². The number of carbonyl (C=O) groups is 1. The summed E-state index contributed by atoms with van der Waals surface area (Å²) in [5.41, 5.74) is 2.43. The average molecular weight is 356 g/mol. The monoisotopic (exact) mass is 356 g/mol. The van der Waals surface area contributed by atoms with Gasteiger partial charge in [-0.25, -0.2) is 9.97 Å². The average Bonchev–Trinajstić information content (AvgIpc) is 3.15. The van der Waals surface area contributed by atoms with Gasteiger partial charge in [0, 0.05) is 42.3 Å². The Hall–Kier alpha value is -1.79. The van der Waals surface area contributed by atoms with Crippen LogP contribution >= 0.6 is 11.3 Å². The van der Waals surface area contributed by atoms with E-state index in [1.54, 1.807) is 6.33 Å². The number of hydrogen-bond acceptors (Lipinski definition) is 5. The van der Waals surface area contributed by atoms with Crippen LogP contribution in [0.5, 0.6) is 0 Å². The van der Waals surface area contributed by atoms with Gasteiger partial charge in [0.15, 0.2) is 0 Å². The van der Waals surface area contributed by atoms with Crippen molar-refractivity contribution < 1.29 is 4.79 Å². The predicted molar refractivity (Wildman–Crippen MR) is 98.5 cm³/mol. The zero-order valence-electron chi connectivity index (χ0n) is 14.6. The minimum atomic E-state index is -0.0650. The molecule has 4 rings (SSSR count). The standard InChI is InChI=1S/C19H24N4OS/c1-14(19(24)23-9-5-18-16(12-23)6-10-25-18)22-8-2-3-15(11-22)17-4-7-20-13-21-17/h4,6-7,10,13-15H,2-3,5,8-9,11-12H2,1H3. The molecule has 0 radical (unpaired) electrons. The van der Waals surface area contributed by atoms with Gasteiger partial charge in [0.25, 0.3) is 0 Å². The fourth-order valence-electron chi connectivity index (χ4n) is 4.00. The first-order chi connectivity index (χ1) is 12.2. The van der Waals surface area contributed by atoms with Gasteiger partial charge in [0.05, 0.1) is 6.04 Å². The van der Waals surface area contributed by atoms with Crippen molar-refractivity contribution in [3.05, 3.63) is 46.2 Å². The Morgan fingerprint density at radius 2 is 2.28 bits per heavy atom. The summed E-state index contributed by atoms with van der Waals surface area (Å²) in [4.78, 5) is 27.3. The summed E-state index contributed by atoms with van der Waals surface area (Å²) in [6.45, 7) is 5.58. The van der Waals surface area contributed by atoms with Crippen LogP contribution in [0, 0.1) is 0 Å². The molecule has 2 unspecified atom stereocenters. The molecule has 2 aliphatic rings. The Balaban J connectivity index is 1.42. The van der Waals surface area contributed by atoms with Gasteiger partial charge in [-0.05, 0) is 55.8 Å². The zero-order valence-corrected chi connectivity index (χ0v) is 15.4. The van der Waals surface area contributed by atoms with Crippen molar-refractivity contribution in [3.8, 4) is 0 Å². The molecule has 25 heavy (non-hydrogen) atoms. The molecular weight excluding hydrogens is 332 g/mol. The molecule has 0 saturated carbocycles. The summed E-state index contributed by atoms with van der Waals surface area (Å²) in [5, 5.41) is 2.14. The van der Waals surface area contributed by atoms with Crippen LogP contribution in [0.3, 0.4) is 0 Å². The number of hydrogen-bond donors (Lipinski definition) is 0. The second-order valence-electron chi connectivity index (χ2n) is 7.02. The fraction of sp³-hybridized carbons (Fsp3) is 0.526. The molecule has 2 aromatic rings. The second kappa shape index (κ2) is 7.22. The van der Waals surface area contributed by atoms with E-state index in [0.29, 0.717) is 5.92 Å². The van der Waals surface area contributed by atoms with Crippen molar-refractivity contribution in [1.82, 2.24) is 19.8 Å². The van der Waals surface area contributed by atoms with E-state index in [4.69, 9.17) is 0 Å². The molecule has 0 aromatic carbocycles. The van der Waals surface area contributed by atoms with Crippen LogP contribution in [-0.4, -0.2) is 51.4 Å². The molecule has 2 aromatic heterocycles. The maximum Gasteiger partial charge on any atom is 0.239 e. The molecule has 1 amide bonds. The zero-order chi connectivity index (χ0) is 17.2. The highest BCUT2D eigenvalue weighted by atomic mass is 32.1. The first kappa shape index (κ1) is 16.7. The summed E-state index contributed by atoms with van der Waals surface area (Å²) < 4.78 is 0. The molecule has 4 heterocycles. The quantitative estimate of drug-likeness (QED) is 0.848. The van der Waals surface area contributed by atoms with Gasteiger partial charge in [-0.15, -0.1) is 11.3 Å². The normalized spacial score (nSPS) is 22.4. The molecular formula is C19H24N4OS. The lowest BCUT2D eigenvalue weighted by molar-refractivity contribution is -0.137. The number of thiophene rings is 1. The van der Waals surface area contributed by atoms with Gasteiger partial charge in [0.2, 0.25) is 5.91 Å². The van der Waals surface area contributed by atoms with E-state index >= 15 is 0 Å². The molecule has 1 fully saturated rings. The lowest BCUT2D eigenvalue weighted by Gasteiger charge is -2.38. The molecule has 6 heteroatoms. The third kappa shape index (κ3) is 3.46. The third-order valence-electron chi connectivity index (χ3n) is 5.50. The van der Waals surface area contributed by atoms with E-state index in [2.05, 4.69) is 33.2 Å². The van der Waals surface area contributed by atoms with E-state index in [1.807, 2.05) is 28.5 Å². The Morgan fingerprint density at radius 1 is 1.36 bits per heavy atom. The molecule has 0 aliphatic carbocycles. The number of rotatable bonds is 3. The predicted octanol–water partition coefficient (Wildman–Crippen LogP) is 2.69. The van der Waals surface area contributed by atoms with Gasteiger partial charge >= 0.3 is 0 Å². The van der Waals surface area contributed by atoms with E-state index in [0.717, 1.165) is 51.1 Å². The summed E-state index contributed by atoms with van der Waals surface area (Å²) >= 11 is 1.81. The van der Waals surface area contributed by atoms with Gasteiger partial charge in [-0.1, -0.05) is 0 Å². The van der Waals surface area contributed by atoms with E-state index in [-0.39, 0.29) is 11.9 Å². The molecule has 5 nitrogen and oxygen atoms in total. The smallest absolute Gasteiger partial charge is 0.239 e. The van der Waals surface area contributed by atoms with Crippen LogP contribution in [0.1, 0.15) is 41.8 Å². The van der Waals surface area contributed by atoms with E-state index in [9.17, 15) is 4.79 Å². The Morgan fingerprint density at radius 3 is 3.12 bits per heavy atom. The molecule has 0 bridgehead atoms. The maximum atomic E-state index is 13.0. The van der Waals surface area contributed by atoms with Crippen molar-refractivity contribution in [2.45, 2.75) is 44.7 Å². The summed E-state index contributed by atoms with van der Waals surface area (Å²) in [6, 6.07) is 4.10. The maximum absolute atomic E-state index is 13.0. The minimum Gasteiger partial charge on any atom is -0.337 e. The van der Waals surface area contributed by atoms with Crippen molar-refractivity contribution in [2.75, 3.05) is 19.6 Å². The van der Waals surface area contributed by atoms with Crippen molar-refractivity contribution in [3.63, 3.8) is 0 Å². The number of nitrogens with zero attached hydrogens (tertiary/aromatic N) is 4. The van der Waals surface area contributed by atoms with Gasteiger partial charge in [-0.3, -0.25) is 9.69 Å². The molecule has 132 valence electrons. The van der Waals surface area contributed by atoms with Crippen LogP contribution in [0.4, 0.5) is 0 Å².